The smallest absolute Gasteiger partial charge is 0.418 e. The molecule has 0 fully saturated rings. The second-order valence-corrected chi connectivity index (χ2v) is 6.77. The highest BCUT2D eigenvalue weighted by Gasteiger charge is 2.34. The molecule has 0 spiro atoms. The third-order valence-electron chi connectivity index (χ3n) is 4.77. The lowest BCUT2D eigenvalue weighted by molar-refractivity contribution is -0.138. The number of pyridine rings is 1. The summed E-state index contributed by atoms with van der Waals surface area (Å²) in [6.07, 6.45) is -3.65. The zero-order chi connectivity index (χ0) is 21.0. The SMILES string of the molecule is COc1ccc(Cc2cc(C(F)(F)F)c(C)nc2Cc2ccc(OC)cc2)cc1.N. The van der Waals surface area contributed by atoms with Crippen molar-refractivity contribution in [1.29, 1.82) is 0 Å². The van der Waals surface area contributed by atoms with E-state index in [1.54, 1.807) is 26.4 Å². The Kier molecular flexibility index (Phi) is 7.45. The third kappa shape index (κ3) is 5.51. The molecule has 3 aromatic rings. The number of ether oxygens (including phenoxy) is 2. The Morgan fingerprint density at radius 2 is 1.27 bits per heavy atom. The molecule has 0 atom stereocenters. The van der Waals surface area contributed by atoms with Crippen molar-refractivity contribution in [2.75, 3.05) is 14.2 Å². The van der Waals surface area contributed by atoms with E-state index in [1.807, 2.05) is 36.4 Å². The summed E-state index contributed by atoms with van der Waals surface area (Å²) in [6.45, 7) is 1.40. The van der Waals surface area contributed by atoms with E-state index in [4.69, 9.17) is 9.47 Å². The Morgan fingerprint density at radius 1 is 0.800 bits per heavy atom. The van der Waals surface area contributed by atoms with Crippen LogP contribution in [0.25, 0.3) is 0 Å². The highest BCUT2D eigenvalue weighted by Crippen LogP contribution is 2.33. The summed E-state index contributed by atoms with van der Waals surface area (Å²) in [5.41, 5.74) is 2.33. The van der Waals surface area contributed by atoms with Crippen molar-refractivity contribution in [2.24, 2.45) is 0 Å². The van der Waals surface area contributed by atoms with Crippen LogP contribution in [0, 0.1) is 6.92 Å². The molecule has 2 aromatic carbocycles. The summed E-state index contributed by atoms with van der Waals surface area (Å²) in [5, 5.41) is 0. The van der Waals surface area contributed by atoms with Gasteiger partial charge in [0, 0.05) is 17.8 Å². The lowest BCUT2D eigenvalue weighted by atomic mass is 9.96. The van der Waals surface area contributed by atoms with Crippen LogP contribution in [0.2, 0.25) is 0 Å². The van der Waals surface area contributed by atoms with Crippen molar-refractivity contribution in [3.8, 4) is 11.5 Å². The highest BCUT2D eigenvalue weighted by molar-refractivity contribution is 5.40. The number of halogens is 3. The Bertz CT molecular complexity index is 969. The van der Waals surface area contributed by atoms with Gasteiger partial charge in [-0.25, -0.2) is 0 Å². The zero-order valence-electron chi connectivity index (χ0n) is 17.2. The quantitative estimate of drug-likeness (QED) is 0.552. The number of aryl methyl sites for hydroxylation is 1. The third-order valence-corrected chi connectivity index (χ3v) is 4.77. The van der Waals surface area contributed by atoms with E-state index in [-0.39, 0.29) is 11.8 Å². The predicted octanol–water partition coefficient (Wildman–Crippen LogP) is 5.77. The first-order chi connectivity index (χ1) is 13.8. The summed E-state index contributed by atoms with van der Waals surface area (Å²) >= 11 is 0. The number of methoxy groups -OCH3 is 2. The molecule has 160 valence electrons. The van der Waals surface area contributed by atoms with Gasteiger partial charge in [0.1, 0.15) is 11.5 Å². The lowest BCUT2D eigenvalue weighted by Crippen LogP contribution is -2.13. The number of nitrogens with zero attached hydrogens (tertiary/aromatic N) is 1. The molecule has 3 rings (SSSR count). The van der Waals surface area contributed by atoms with Gasteiger partial charge in [-0.2, -0.15) is 13.2 Å². The number of benzene rings is 2. The van der Waals surface area contributed by atoms with Gasteiger partial charge in [-0.15, -0.1) is 0 Å². The average molecular weight is 418 g/mol. The molecule has 0 unspecified atom stereocenters. The summed E-state index contributed by atoms with van der Waals surface area (Å²) in [6, 6.07) is 16.0. The number of hydrogen-bond donors (Lipinski definition) is 1. The Labute approximate surface area is 174 Å². The molecule has 7 heteroatoms. The van der Waals surface area contributed by atoms with Crippen LogP contribution < -0.4 is 15.6 Å². The van der Waals surface area contributed by atoms with Crippen molar-refractivity contribution < 1.29 is 22.6 Å². The molecule has 1 aromatic heterocycles. The molecule has 30 heavy (non-hydrogen) atoms. The normalized spacial score (nSPS) is 11.0. The molecule has 3 N–H and O–H groups in total. The van der Waals surface area contributed by atoms with Crippen molar-refractivity contribution >= 4 is 0 Å². The average Bonchev–Trinajstić information content (AvgIpc) is 2.70. The summed E-state index contributed by atoms with van der Waals surface area (Å²) in [4.78, 5) is 4.33. The number of aromatic nitrogens is 1. The van der Waals surface area contributed by atoms with E-state index < -0.39 is 11.7 Å². The second kappa shape index (κ2) is 9.63. The van der Waals surface area contributed by atoms with Gasteiger partial charge in [-0.1, -0.05) is 24.3 Å². The van der Waals surface area contributed by atoms with Gasteiger partial charge >= 0.3 is 6.18 Å². The molecule has 0 saturated carbocycles. The second-order valence-electron chi connectivity index (χ2n) is 6.77. The molecule has 0 aliphatic heterocycles. The van der Waals surface area contributed by atoms with E-state index in [2.05, 4.69) is 4.98 Å². The van der Waals surface area contributed by atoms with Crippen LogP contribution >= 0.6 is 0 Å². The summed E-state index contributed by atoms with van der Waals surface area (Å²) < 4.78 is 50.6. The molecule has 0 amide bonds. The fourth-order valence-electron chi connectivity index (χ4n) is 3.19. The maximum Gasteiger partial charge on any atom is 0.418 e. The molecule has 1 heterocycles. The van der Waals surface area contributed by atoms with Crippen molar-refractivity contribution in [1.82, 2.24) is 11.1 Å². The Morgan fingerprint density at radius 3 is 1.70 bits per heavy atom. The first kappa shape index (κ1) is 23.2. The minimum atomic E-state index is -4.44. The Balaban J connectivity index is 0.00000320. The minimum absolute atomic E-state index is 0. The molecule has 0 aliphatic rings. The first-order valence-electron chi connectivity index (χ1n) is 9.12. The van der Waals surface area contributed by atoms with E-state index in [1.165, 1.54) is 13.0 Å². The van der Waals surface area contributed by atoms with Crippen molar-refractivity contribution in [2.45, 2.75) is 25.9 Å². The van der Waals surface area contributed by atoms with Crippen LogP contribution in [-0.2, 0) is 19.0 Å². The van der Waals surface area contributed by atoms with Crippen molar-refractivity contribution in [3.05, 3.63) is 88.2 Å². The van der Waals surface area contributed by atoms with Gasteiger partial charge in [0.2, 0.25) is 0 Å². The molecule has 0 aliphatic carbocycles. The van der Waals surface area contributed by atoms with E-state index in [0.29, 0.717) is 29.8 Å². The highest BCUT2D eigenvalue weighted by atomic mass is 19.4. The van der Waals surface area contributed by atoms with Gasteiger partial charge in [-0.3, -0.25) is 4.98 Å². The fourth-order valence-corrected chi connectivity index (χ4v) is 3.19. The van der Waals surface area contributed by atoms with Gasteiger partial charge < -0.3 is 15.6 Å². The lowest BCUT2D eigenvalue weighted by Gasteiger charge is -2.16. The number of alkyl halides is 3. The maximum atomic E-state index is 13.4. The molecular formula is C23H25F3N2O2. The van der Waals surface area contributed by atoms with Crippen molar-refractivity contribution in [3.63, 3.8) is 0 Å². The summed E-state index contributed by atoms with van der Waals surface area (Å²) in [5.74, 6) is 1.42. The van der Waals surface area contributed by atoms with Crippen LogP contribution in [0.5, 0.6) is 11.5 Å². The zero-order valence-corrected chi connectivity index (χ0v) is 17.2. The van der Waals surface area contributed by atoms with Crippen LogP contribution in [0.3, 0.4) is 0 Å². The Hall–Kier alpha value is -3.06. The fraction of sp³-hybridized carbons (Fsp3) is 0.261. The van der Waals surface area contributed by atoms with Crippen LogP contribution in [0.15, 0.2) is 54.6 Å². The number of hydrogen-bond acceptors (Lipinski definition) is 4. The van der Waals surface area contributed by atoms with Gasteiger partial charge in [0.15, 0.2) is 0 Å². The van der Waals surface area contributed by atoms with E-state index >= 15 is 0 Å². The van der Waals surface area contributed by atoms with Gasteiger partial charge in [0.25, 0.3) is 0 Å². The van der Waals surface area contributed by atoms with Gasteiger partial charge in [0.05, 0.1) is 19.8 Å². The molecule has 0 radical (unpaired) electrons. The van der Waals surface area contributed by atoms with Crippen LogP contribution in [0.4, 0.5) is 13.2 Å². The van der Waals surface area contributed by atoms with Crippen LogP contribution in [-0.4, -0.2) is 19.2 Å². The molecular weight excluding hydrogens is 393 g/mol. The maximum absolute atomic E-state index is 13.4. The minimum Gasteiger partial charge on any atom is -0.497 e. The summed E-state index contributed by atoms with van der Waals surface area (Å²) in [7, 11) is 3.16. The first-order valence-corrected chi connectivity index (χ1v) is 9.12. The van der Waals surface area contributed by atoms with E-state index in [0.717, 1.165) is 16.9 Å². The van der Waals surface area contributed by atoms with Crippen LogP contribution in [0.1, 0.15) is 33.6 Å². The number of rotatable bonds is 6. The predicted molar refractivity (Wildman–Crippen MR) is 111 cm³/mol. The topological polar surface area (TPSA) is 66.3 Å². The largest absolute Gasteiger partial charge is 0.497 e. The van der Waals surface area contributed by atoms with E-state index in [9.17, 15) is 13.2 Å². The molecule has 4 nitrogen and oxygen atoms in total. The monoisotopic (exact) mass is 418 g/mol. The molecule has 0 saturated heterocycles. The standard InChI is InChI=1S/C23H22F3NO2.H3N/c1-15-21(23(24,25)26)14-18(12-16-4-8-19(28-2)9-5-16)22(27-15)13-17-6-10-20(29-3)11-7-17;/h4-11,14H,12-13H2,1-3H3;1H3. The molecule has 0 bridgehead atoms. The van der Waals surface area contributed by atoms with Gasteiger partial charge in [-0.05, 0) is 60.4 Å².